The molecule has 0 radical (unpaired) electrons. The highest BCUT2D eigenvalue weighted by molar-refractivity contribution is 9.10. The molecule has 2 amide bonds. The van der Waals surface area contributed by atoms with E-state index in [1.165, 1.54) is 4.90 Å². The van der Waals surface area contributed by atoms with E-state index in [1.807, 2.05) is 0 Å². The number of likely N-dealkylation sites (tertiary alicyclic amines) is 1. The Labute approximate surface area is 153 Å². The Morgan fingerprint density at radius 1 is 1.21 bits per heavy atom. The van der Waals surface area contributed by atoms with Crippen molar-refractivity contribution >= 4 is 45.3 Å². The first-order valence-corrected chi connectivity index (χ1v) is 9.15. The second kappa shape index (κ2) is 7.23. The third kappa shape index (κ3) is 3.49. The molecule has 2 aliphatic rings. The first kappa shape index (κ1) is 17.4. The van der Waals surface area contributed by atoms with Crippen LogP contribution < -0.4 is 4.74 Å². The zero-order valence-electron chi connectivity index (χ0n) is 13.0. The van der Waals surface area contributed by atoms with Crippen molar-refractivity contribution in [2.24, 2.45) is 11.8 Å². The SMILES string of the molecule is O=C(CCN1C(=O)[C@H]2CCCC[C@H]2C1=O)Oc1ccc(Br)cc1Cl. The Hall–Kier alpha value is -1.40. The van der Waals surface area contributed by atoms with Crippen LogP contribution in [0.4, 0.5) is 0 Å². The molecular weight excluding hydrogens is 398 g/mol. The number of hydrogen-bond acceptors (Lipinski definition) is 4. The van der Waals surface area contributed by atoms with Crippen molar-refractivity contribution < 1.29 is 19.1 Å². The van der Waals surface area contributed by atoms with Gasteiger partial charge in [0.15, 0.2) is 0 Å². The number of imide groups is 1. The van der Waals surface area contributed by atoms with Gasteiger partial charge >= 0.3 is 5.97 Å². The molecule has 128 valence electrons. The maximum atomic E-state index is 12.3. The normalized spacial score (nSPS) is 23.3. The Morgan fingerprint density at radius 3 is 2.42 bits per heavy atom. The molecule has 24 heavy (non-hydrogen) atoms. The fraction of sp³-hybridized carbons (Fsp3) is 0.471. The number of esters is 1. The fourth-order valence-corrected chi connectivity index (χ4v) is 4.10. The summed E-state index contributed by atoms with van der Waals surface area (Å²) in [6, 6.07) is 4.93. The molecule has 1 heterocycles. The zero-order chi connectivity index (χ0) is 17.3. The smallest absolute Gasteiger partial charge is 0.313 e. The van der Waals surface area contributed by atoms with Crippen molar-refractivity contribution in [3.8, 4) is 5.75 Å². The van der Waals surface area contributed by atoms with Crippen LogP contribution in [0.2, 0.25) is 5.02 Å². The van der Waals surface area contributed by atoms with Gasteiger partial charge < -0.3 is 4.74 Å². The first-order valence-electron chi connectivity index (χ1n) is 7.98. The van der Waals surface area contributed by atoms with Crippen molar-refractivity contribution in [2.45, 2.75) is 32.1 Å². The Kier molecular flexibility index (Phi) is 5.25. The molecule has 7 heteroatoms. The molecule has 1 aliphatic heterocycles. The van der Waals surface area contributed by atoms with Gasteiger partial charge in [0.2, 0.25) is 11.8 Å². The maximum absolute atomic E-state index is 12.3. The van der Waals surface area contributed by atoms with Crippen LogP contribution in [0.3, 0.4) is 0 Å². The summed E-state index contributed by atoms with van der Waals surface area (Å²) in [5.41, 5.74) is 0. The highest BCUT2D eigenvalue weighted by atomic mass is 79.9. The van der Waals surface area contributed by atoms with Gasteiger partial charge in [0, 0.05) is 11.0 Å². The van der Waals surface area contributed by atoms with E-state index in [0.29, 0.717) is 5.02 Å². The average Bonchev–Trinajstić information content (AvgIpc) is 2.80. The minimum absolute atomic E-state index is 0.0384. The van der Waals surface area contributed by atoms with Crippen LogP contribution in [0.1, 0.15) is 32.1 Å². The second-order valence-corrected chi connectivity index (χ2v) is 7.45. The first-order chi connectivity index (χ1) is 11.5. The highest BCUT2D eigenvalue weighted by Crippen LogP contribution is 2.38. The van der Waals surface area contributed by atoms with E-state index in [0.717, 1.165) is 30.2 Å². The maximum Gasteiger partial charge on any atom is 0.313 e. The lowest BCUT2D eigenvalue weighted by atomic mass is 9.81. The van der Waals surface area contributed by atoms with E-state index < -0.39 is 5.97 Å². The molecule has 1 aromatic rings. The van der Waals surface area contributed by atoms with Gasteiger partial charge in [-0.25, -0.2) is 0 Å². The lowest BCUT2D eigenvalue weighted by molar-refractivity contribution is -0.141. The molecule has 0 N–H and O–H groups in total. The molecule has 1 saturated heterocycles. The van der Waals surface area contributed by atoms with E-state index in [9.17, 15) is 14.4 Å². The van der Waals surface area contributed by atoms with Gasteiger partial charge in [0.1, 0.15) is 5.75 Å². The zero-order valence-corrected chi connectivity index (χ0v) is 15.3. The van der Waals surface area contributed by atoms with Crippen molar-refractivity contribution in [2.75, 3.05) is 6.54 Å². The van der Waals surface area contributed by atoms with Gasteiger partial charge in [-0.15, -0.1) is 0 Å². The number of carbonyl (C=O) groups excluding carboxylic acids is 3. The molecule has 3 rings (SSSR count). The molecular formula is C17H17BrClNO4. The van der Waals surface area contributed by atoms with Gasteiger partial charge in [-0.1, -0.05) is 40.4 Å². The molecule has 1 aromatic carbocycles. The van der Waals surface area contributed by atoms with E-state index in [4.69, 9.17) is 16.3 Å². The summed E-state index contributed by atoms with van der Waals surface area (Å²) < 4.78 is 5.99. The number of ether oxygens (including phenoxy) is 1. The predicted octanol–water partition coefficient (Wildman–Crippen LogP) is 3.57. The van der Waals surface area contributed by atoms with Gasteiger partial charge in [0.25, 0.3) is 0 Å². The molecule has 0 bridgehead atoms. The Morgan fingerprint density at radius 2 is 1.83 bits per heavy atom. The molecule has 5 nitrogen and oxygen atoms in total. The number of rotatable bonds is 4. The van der Waals surface area contributed by atoms with Crippen LogP contribution in [0, 0.1) is 11.8 Å². The summed E-state index contributed by atoms with van der Waals surface area (Å²) in [5.74, 6) is -0.919. The number of benzene rings is 1. The number of fused-ring (bicyclic) bond motifs is 1. The van der Waals surface area contributed by atoms with E-state index >= 15 is 0 Å². The number of carbonyl (C=O) groups is 3. The summed E-state index contributed by atoms with van der Waals surface area (Å²) in [6.07, 6.45) is 3.47. The van der Waals surface area contributed by atoms with Crippen LogP contribution >= 0.6 is 27.5 Å². The van der Waals surface area contributed by atoms with E-state index in [1.54, 1.807) is 18.2 Å². The fourth-order valence-electron chi connectivity index (χ4n) is 3.39. The standard InChI is InChI=1S/C17H17BrClNO4/c18-10-5-6-14(13(19)9-10)24-15(21)7-8-20-16(22)11-3-1-2-4-12(11)17(20)23/h5-6,9,11-12H,1-4,7-8H2/t11-,12+. The van der Waals surface area contributed by atoms with Gasteiger partial charge in [-0.3, -0.25) is 19.3 Å². The lowest BCUT2D eigenvalue weighted by Crippen LogP contribution is -2.33. The van der Waals surface area contributed by atoms with Crippen molar-refractivity contribution in [3.63, 3.8) is 0 Å². The van der Waals surface area contributed by atoms with E-state index in [-0.39, 0.29) is 42.4 Å². The van der Waals surface area contributed by atoms with Crippen LogP contribution in [0.25, 0.3) is 0 Å². The summed E-state index contributed by atoms with van der Waals surface area (Å²) in [5, 5.41) is 0.317. The van der Waals surface area contributed by atoms with E-state index in [2.05, 4.69) is 15.9 Å². The Balaban J connectivity index is 1.58. The topological polar surface area (TPSA) is 63.7 Å². The number of halogens is 2. The lowest BCUT2D eigenvalue weighted by Gasteiger charge is -2.19. The van der Waals surface area contributed by atoms with Crippen molar-refractivity contribution in [1.29, 1.82) is 0 Å². The summed E-state index contributed by atoms with van der Waals surface area (Å²) in [4.78, 5) is 37.9. The largest absolute Gasteiger partial charge is 0.425 e. The number of amides is 2. The van der Waals surface area contributed by atoms with Crippen molar-refractivity contribution in [1.82, 2.24) is 4.90 Å². The summed E-state index contributed by atoms with van der Waals surface area (Å²) >= 11 is 9.28. The van der Waals surface area contributed by atoms with Crippen LogP contribution in [-0.4, -0.2) is 29.2 Å². The summed E-state index contributed by atoms with van der Waals surface area (Å²) in [7, 11) is 0. The minimum Gasteiger partial charge on any atom is -0.425 e. The van der Waals surface area contributed by atoms with Crippen LogP contribution in [0.15, 0.2) is 22.7 Å². The molecule has 0 spiro atoms. The average molecular weight is 415 g/mol. The van der Waals surface area contributed by atoms with Crippen LogP contribution in [0.5, 0.6) is 5.75 Å². The highest BCUT2D eigenvalue weighted by Gasteiger charge is 2.47. The number of nitrogens with zero attached hydrogens (tertiary/aromatic N) is 1. The minimum atomic E-state index is -0.519. The second-order valence-electron chi connectivity index (χ2n) is 6.12. The molecule has 2 atom stereocenters. The third-order valence-corrected chi connectivity index (χ3v) is 5.38. The van der Waals surface area contributed by atoms with Gasteiger partial charge in [-0.05, 0) is 31.0 Å². The van der Waals surface area contributed by atoms with Crippen molar-refractivity contribution in [3.05, 3.63) is 27.7 Å². The summed E-state index contributed by atoms with van der Waals surface area (Å²) in [6.45, 7) is 0.0671. The molecule has 1 saturated carbocycles. The quantitative estimate of drug-likeness (QED) is 0.429. The van der Waals surface area contributed by atoms with Gasteiger partial charge in [0.05, 0.1) is 23.3 Å². The molecule has 0 unspecified atom stereocenters. The predicted molar refractivity (Wildman–Crippen MR) is 91.6 cm³/mol. The molecule has 1 aliphatic carbocycles. The molecule has 2 fully saturated rings. The monoisotopic (exact) mass is 413 g/mol. The number of hydrogen-bond donors (Lipinski definition) is 0. The molecule has 0 aromatic heterocycles. The van der Waals surface area contributed by atoms with Gasteiger partial charge in [-0.2, -0.15) is 0 Å². The Bertz CT molecular complexity index is 669. The third-order valence-electron chi connectivity index (χ3n) is 4.59. The van der Waals surface area contributed by atoms with Crippen LogP contribution in [-0.2, 0) is 14.4 Å².